The molecule has 21 heavy (non-hydrogen) atoms. The molecule has 3 rings (SSSR count). The minimum atomic E-state index is -0.399. The van der Waals surface area contributed by atoms with Gasteiger partial charge in [0.15, 0.2) is 5.76 Å². The summed E-state index contributed by atoms with van der Waals surface area (Å²) in [6.07, 6.45) is 2.27. The molecule has 116 valence electrons. The second-order valence-electron chi connectivity index (χ2n) is 5.51. The van der Waals surface area contributed by atoms with Crippen molar-refractivity contribution < 1.29 is 23.4 Å². The number of carbonyl (C=O) groups is 1. The molecule has 0 radical (unpaired) electrons. The third-order valence-electron chi connectivity index (χ3n) is 4.08. The molecule has 0 N–H and O–H groups in total. The highest BCUT2D eigenvalue weighted by Gasteiger charge is 2.49. The lowest BCUT2D eigenvalue weighted by Gasteiger charge is -2.43. The Balaban J connectivity index is 1.74. The average molecular weight is 295 g/mol. The van der Waals surface area contributed by atoms with Crippen molar-refractivity contribution in [3.05, 3.63) is 24.2 Å². The van der Waals surface area contributed by atoms with Gasteiger partial charge >= 0.3 is 0 Å². The zero-order valence-corrected chi connectivity index (χ0v) is 12.2. The van der Waals surface area contributed by atoms with Gasteiger partial charge in [-0.15, -0.1) is 0 Å². The van der Waals surface area contributed by atoms with Crippen LogP contribution in [0.5, 0.6) is 0 Å². The Morgan fingerprint density at radius 3 is 3.19 bits per heavy atom. The van der Waals surface area contributed by atoms with E-state index >= 15 is 0 Å². The lowest BCUT2D eigenvalue weighted by atomic mass is 9.93. The number of hydrogen-bond donors (Lipinski definition) is 0. The highest BCUT2D eigenvalue weighted by molar-refractivity contribution is 5.92. The highest BCUT2D eigenvalue weighted by Crippen LogP contribution is 2.34. The molecule has 1 aromatic heterocycles. The Labute approximate surface area is 123 Å². The predicted octanol–water partition coefficient (Wildman–Crippen LogP) is 1.32. The lowest BCUT2D eigenvalue weighted by molar-refractivity contribution is -0.0569. The average Bonchev–Trinajstić information content (AvgIpc) is 3.16. The van der Waals surface area contributed by atoms with Gasteiger partial charge in [-0.3, -0.25) is 4.79 Å². The van der Waals surface area contributed by atoms with Crippen LogP contribution in [0.25, 0.3) is 0 Å². The van der Waals surface area contributed by atoms with Gasteiger partial charge in [0.05, 0.1) is 44.3 Å². The molecule has 0 aromatic carbocycles. The molecule has 2 aliphatic rings. The van der Waals surface area contributed by atoms with Crippen molar-refractivity contribution in [1.29, 1.82) is 0 Å². The van der Waals surface area contributed by atoms with E-state index in [-0.39, 0.29) is 12.0 Å². The van der Waals surface area contributed by atoms with Gasteiger partial charge in [0.1, 0.15) is 0 Å². The normalized spacial score (nSPS) is 29.2. The molecule has 0 aliphatic carbocycles. The maximum Gasteiger partial charge on any atom is 0.290 e. The molecule has 2 saturated heterocycles. The van der Waals surface area contributed by atoms with Gasteiger partial charge in [0.25, 0.3) is 5.91 Å². The van der Waals surface area contributed by atoms with E-state index < -0.39 is 5.54 Å². The second kappa shape index (κ2) is 6.17. The molecule has 0 bridgehead atoms. The van der Waals surface area contributed by atoms with E-state index in [1.165, 1.54) is 6.26 Å². The number of carbonyl (C=O) groups excluding carboxylic acids is 1. The van der Waals surface area contributed by atoms with Crippen LogP contribution in [0.3, 0.4) is 0 Å². The Hall–Kier alpha value is -1.37. The summed E-state index contributed by atoms with van der Waals surface area (Å²) in [5.41, 5.74) is -0.399. The molecule has 1 aromatic rings. The molecule has 1 spiro atoms. The first-order valence-electron chi connectivity index (χ1n) is 7.38. The third kappa shape index (κ3) is 2.84. The van der Waals surface area contributed by atoms with Crippen LogP contribution in [0.4, 0.5) is 0 Å². The highest BCUT2D eigenvalue weighted by atomic mass is 16.5. The molecular weight excluding hydrogens is 274 g/mol. The zero-order chi connectivity index (χ0) is 14.7. The van der Waals surface area contributed by atoms with Crippen molar-refractivity contribution in [3.8, 4) is 0 Å². The smallest absolute Gasteiger partial charge is 0.290 e. The maximum atomic E-state index is 12.6. The van der Waals surface area contributed by atoms with E-state index in [1.807, 2.05) is 11.8 Å². The standard InChI is InChI=1S/C15H21NO5/c1-2-18-9-12-8-15(11-21-12)10-19-7-5-16(15)14(17)13-4-3-6-20-13/h3-4,6,12H,2,5,7-11H2,1H3/t12-,15-/m1/s1. The van der Waals surface area contributed by atoms with E-state index in [4.69, 9.17) is 18.6 Å². The predicted molar refractivity (Wildman–Crippen MR) is 74.1 cm³/mol. The Morgan fingerprint density at radius 1 is 1.52 bits per heavy atom. The molecular formula is C15H21NO5. The second-order valence-corrected chi connectivity index (χ2v) is 5.51. The minimum Gasteiger partial charge on any atom is -0.459 e. The molecule has 2 fully saturated rings. The van der Waals surface area contributed by atoms with Gasteiger partial charge in [-0.1, -0.05) is 0 Å². The van der Waals surface area contributed by atoms with Crippen molar-refractivity contribution >= 4 is 5.91 Å². The van der Waals surface area contributed by atoms with Crippen LogP contribution < -0.4 is 0 Å². The summed E-state index contributed by atoms with van der Waals surface area (Å²) in [4.78, 5) is 14.5. The fourth-order valence-corrected chi connectivity index (χ4v) is 3.04. The summed E-state index contributed by atoms with van der Waals surface area (Å²) >= 11 is 0. The number of rotatable bonds is 4. The van der Waals surface area contributed by atoms with Crippen LogP contribution in [0.1, 0.15) is 23.9 Å². The van der Waals surface area contributed by atoms with Crippen LogP contribution in [0.2, 0.25) is 0 Å². The van der Waals surface area contributed by atoms with Gasteiger partial charge in [-0.05, 0) is 19.1 Å². The first kappa shape index (κ1) is 14.6. The summed E-state index contributed by atoms with van der Waals surface area (Å²) in [5.74, 6) is 0.272. The van der Waals surface area contributed by atoms with Gasteiger partial charge in [-0.25, -0.2) is 0 Å². The fourth-order valence-electron chi connectivity index (χ4n) is 3.04. The van der Waals surface area contributed by atoms with Crippen molar-refractivity contribution in [3.63, 3.8) is 0 Å². The molecule has 1 amide bonds. The molecule has 0 unspecified atom stereocenters. The molecule has 2 atom stereocenters. The summed E-state index contributed by atoms with van der Waals surface area (Å²) < 4.78 is 22.1. The van der Waals surface area contributed by atoms with Crippen molar-refractivity contribution in [1.82, 2.24) is 4.90 Å². The first-order valence-corrected chi connectivity index (χ1v) is 7.38. The topological polar surface area (TPSA) is 61.1 Å². The van der Waals surface area contributed by atoms with Gasteiger partial charge in [0.2, 0.25) is 0 Å². The maximum absolute atomic E-state index is 12.6. The van der Waals surface area contributed by atoms with Crippen LogP contribution in [0, 0.1) is 0 Å². The molecule has 3 heterocycles. The number of morpholine rings is 1. The van der Waals surface area contributed by atoms with E-state index in [0.29, 0.717) is 45.3 Å². The lowest BCUT2D eigenvalue weighted by Crippen LogP contribution is -2.59. The van der Waals surface area contributed by atoms with Crippen LogP contribution in [-0.4, -0.2) is 62.0 Å². The molecule has 0 saturated carbocycles. The number of ether oxygens (including phenoxy) is 3. The number of amides is 1. The number of nitrogens with zero attached hydrogens (tertiary/aromatic N) is 1. The summed E-state index contributed by atoms with van der Waals surface area (Å²) in [7, 11) is 0. The summed E-state index contributed by atoms with van der Waals surface area (Å²) in [6, 6.07) is 3.42. The van der Waals surface area contributed by atoms with Crippen molar-refractivity contribution in [2.45, 2.75) is 25.0 Å². The Morgan fingerprint density at radius 2 is 2.43 bits per heavy atom. The monoisotopic (exact) mass is 295 g/mol. The zero-order valence-electron chi connectivity index (χ0n) is 12.2. The Kier molecular flexibility index (Phi) is 4.28. The molecule has 2 aliphatic heterocycles. The number of hydrogen-bond acceptors (Lipinski definition) is 5. The summed E-state index contributed by atoms with van der Waals surface area (Å²) in [6.45, 7) is 5.27. The fraction of sp³-hybridized carbons (Fsp3) is 0.667. The van der Waals surface area contributed by atoms with Gasteiger partial charge in [-0.2, -0.15) is 0 Å². The van der Waals surface area contributed by atoms with Gasteiger partial charge < -0.3 is 23.5 Å². The Bertz CT molecular complexity index is 474. The van der Waals surface area contributed by atoms with E-state index in [9.17, 15) is 4.79 Å². The van der Waals surface area contributed by atoms with E-state index in [0.717, 1.165) is 6.42 Å². The van der Waals surface area contributed by atoms with Crippen LogP contribution in [0.15, 0.2) is 22.8 Å². The molecule has 6 nitrogen and oxygen atoms in total. The van der Waals surface area contributed by atoms with E-state index in [1.54, 1.807) is 12.1 Å². The van der Waals surface area contributed by atoms with Crippen LogP contribution in [-0.2, 0) is 14.2 Å². The largest absolute Gasteiger partial charge is 0.459 e. The van der Waals surface area contributed by atoms with E-state index in [2.05, 4.69) is 0 Å². The molecule has 6 heteroatoms. The number of furan rings is 1. The van der Waals surface area contributed by atoms with Crippen molar-refractivity contribution in [2.75, 3.05) is 39.6 Å². The van der Waals surface area contributed by atoms with Crippen LogP contribution >= 0.6 is 0 Å². The van der Waals surface area contributed by atoms with Crippen molar-refractivity contribution in [2.24, 2.45) is 0 Å². The first-order chi connectivity index (χ1) is 10.2. The third-order valence-corrected chi connectivity index (χ3v) is 4.08. The summed E-state index contributed by atoms with van der Waals surface area (Å²) in [5, 5.41) is 0. The quantitative estimate of drug-likeness (QED) is 0.838. The SMILES string of the molecule is CCOC[C@H]1C[C@@]2(COCCN2C(=O)c2ccco2)CO1. The minimum absolute atomic E-state index is 0.0125. The van der Waals surface area contributed by atoms with Gasteiger partial charge in [0, 0.05) is 19.6 Å².